The number of fused-ring (bicyclic) bond motifs is 5. The highest BCUT2D eigenvalue weighted by Gasteiger charge is 2.60. The van der Waals surface area contributed by atoms with Crippen molar-refractivity contribution in [2.75, 3.05) is 0 Å². The van der Waals surface area contributed by atoms with Crippen LogP contribution in [0.1, 0.15) is 73.1 Å². The molecule has 0 spiro atoms. The molecule has 0 aromatic carbocycles. The van der Waals surface area contributed by atoms with Gasteiger partial charge in [0.25, 0.3) is 0 Å². The van der Waals surface area contributed by atoms with E-state index in [1.54, 1.807) is 6.08 Å². The Morgan fingerprint density at radius 2 is 1.85 bits per heavy atom. The minimum Gasteiger partial charge on any atom is -0.351 e. The number of amides is 2. The molecule has 3 fully saturated rings. The van der Waals surface area contributed by atoms with Crippen LogP contribution in [-0.2, 0) is 9.59 Å². The average molecular weight is 373 g/mol. The summed E-state index contributed by atoms with van der Waals surface area (Å²) in [5.41, 5.74) is 0.0323. The summed E-state index contributed by atoms with van der Waals surface area (Å²) in [6.07, 6.45) is 10.7. The highest BCUT2D eigenvalue weighted by atomic mass is 16.2. The molecule has 27 heavy (non-hydrogen) atoms. The summed E-state index contributed by atoms with van der Waals surface area (Å²) in [4.78, 5) is 24.9. The monoisotopic (exact) mass is 372 g/mol. The molecule has 4 rings (SSSR count). The van der Waals surface area contributed by atoms with Crippen LogP contribution in [-0.4, -0.2) is 23.4 Å². The van der Waals surface area contributed by atoms with Gasteiger partial charge in [0, 0.05) is 22.9 Å². The summed E-state index contributed by atoms with van der Waals surface area (Å²) >= 11 is 0. The molecule has 150 valence electrons. The van der Waals surface area contributed by atoms with E-state index >= 15 is 0 Å². The van der Waals surface area contributed by atoms with Crippen LogP contribution < -0.4 is 10.6 Å². The van der Waals surface area contributed by atoms with E-state index in [9.17, 15) is 9.59 Å². The lowest BCUT2D eigenvalue weighted by molar-refractivity contribution is -0.135. The SMILES string of the molecule is CC(C)(C)NC(=O)[C@@H]1CC[C@@H]2[C@@H]3CC[C@@H]4NC(=O)C=C[C@]4(C)[C@@H]3CC[C@@]21C. The van der Waals surface area contributed by atoms with Gasteiger partial charge in [0.1, 0.15) is 0 Å². The first kappa shape index (κ1) is 19.0. The van der Waals surface area contributed by atoms with Crippen molar-refractivity contribution >= 4 is 11.8 Å². The summed E-state index contributed by atoms with van der Waals surface area (Å²) < 4.78 is 0. The van der Waals surface area contributed by atoms with Gasteiger partial charge in [-0.3, -0.25) is 9.59 Å². The third-order valence-corrected chi connectivity index (χ3v) is 8.50. The van der Waals surface area contributed by atoms with Crippen LogP contribution in [0.4, 0.5) is 0 Å². The van der Waals surface area contributed by atoms with Crippen LogP contribution in [0.2, 0.25) is 0 Å². The Bertz CT molecular complexity index is 678. The van der Waals surface area contributed by atoms with Crippen LogP contribution in [0.3, 0.4) is 0 Å². The molecule has 3 saturated carbocycles. The Labute approximate surface area is 163 Å². The Morgan fingerprint density at radius 3 is 2.56 bits per heavy atom. The molecule has 3 aliphatic carbocycles. The third-order valence-electron chi connectivity index (χ3n) is 8.50. The molecular formula is C23H36N2O2. The molecule has 0 bridgehead atoms. The maximum Gasteiger partial charge on any atom is 0.243 e. The fourth-order valence-corrected chi connectivity index (χ4v) is 7.22. The van der Waals surface area contributed by atoms with E-state index in [-0.39, 0.29) is 40.1 Å². The Kier molecular flexibility index (Phi) is 4.29. The number of rotatable bonds is 1. The maximum atomic E-state index is 13.0. The van der Waals surface area contributed by atoms with Crippen molar-refractivity contribution in [2.24, 2.45) is 34.5 Å². The van der Waals surface area contributed by atoms with Gasteiger partial charge in [-0.2, -0.15) is 0 Å². The van der Waals surface area contributed by atoms with Crippen molar-refractivity contribution in [3.8, 4) is 0 Å². The predicted octanol–water partition coefficient (Wildman–Crippen LogP) is 3.81. The molecular weight excluding hydrogens is 336 g/mol. The van der Waals surface area contributed by atoms with E-state index in [0.29, 0.717) is 17.8 Å². The lowest BCUT2D eigenvalue weighted by Gasteiger charge is -2.58. The first-order valence-electron chi connectivity index (χ1n) is 10.9. The Morgan fingerprint density at radius 1 is 1.11 bits per heavy atom. The van der Waals surface area contributed by atoms with Gasteiger partial charge in [0.2, 0.25) is 11.8 Å². The largest absolute Gasteiger partial charge is 0.351 e. The minimum absolute atomic E-state index is 0.0661. The highest BCUT2D eigenvalue weighted by molar-refractivity contribution is 5.89. The maximum absolute atomic E-state index is 13.0. The number of carbonyl (C=O) groups is 2. The van der Waals surface area contributed by atoms with Gasteiger partial charge < -0.3 is 10.6 Å². The van der Waals surface area contributed by atoms with Gasteiger partial charge in [0.15, 0.2) is 0 Å². The smallest absolute Gasteiger partial charge is 0.243 e. The van der Waals surface area contributed by atoms with Crippen molar-refractivity contribution in [1.82, 2.24) is 10.6 Å². The van der Waals surface area contributed by atoms with Crippen LogP contribution >= 0.6 is 0 Å². The Hall–Kier alpha value is -1.32. The predicted molar refractivity (Wildman–Crippen MR) is 107 cm³/mol. The van der Waals surface area contributed by atoms with Gasteiger partial charge in [-0.15, -0.1) is 0 Å². The van der Waals surface area contributed by atoms with E-state index in [4.69, 9.17) is 0 Å². The van der Waals surface area contributed by atoms with E-state index in [2.05, 4.69) is 51.3 Å². The second kappa shape index (κ2) is 6.09. The zero-order valence-electron chi connectivity index (χ0n) is 17.6. The number of carbonyl (C=O) groups excluding carboxylic acids is 2. The van der Waals surface area contributed by atoms with Gasteiger partial charge in [-0.05, 0) is 88.5 Å². The summed E-state index contributed by atoms with van der Waals surface area (Å²) in [5, 5.41) is 6.48. The van der Waals surface area contributed by atoms with Crippen LogP contribution in [0, 0.1) is 34.5 Å². The molecule has 7 atom stereocenters. The molecule has 4 nitrogen and oxygen atoms in total. The zero-order valence-corrected chi connectivity index (χ0v) is 17.6. The molecule has 0 aromatic heterocycles. The van der Waals surface area contributed by atoms with Gasteiger partial charge >= 0.3 is 0 Å². The molecule has 2 N–H and O–H groups in total. The fraction of sp³-hybridized carbons (Fsp3) is 0.826. The van der Waals surface area contributed by atoms with Gasteiger partial charge in [-0.1, -0.05) is 19.9 Å². The second-order valence-electron chi connectivity index (χ2n) is 11.1. The molecule has 0 radical (unpaired) electrons. The van der Waals surface area contributed by atoms with Crippen molar-refractivity contribution in [1.29, 1.82) is 0 Å². The van der Waals surface area contributed by atoms with Crippen LogP contribution in [0.5, 0.6) is 0 Å². The van der Waals surface area contributed by atoms with Crippen LogP contribution in [0.25, 0.3) is 0 Å². The summed E-state index contributed by atoms with van der Waals surface area (Å²) in [6.45, 7) is 11.0. The van der Waals surface area contributed by atoms with Crippen molar-refractivity contribution < 1.29 is 9.59 Å². The second-order valence-corrected chi connectivity index (χ2v) is 11.1. The van der Waals surface area contributed by atoms with E-state index in [1.807, 2.05) is 0 Å². The Balaban J connectivity index is 1.58. The van der Waals surface area contributed by atoms with Crippen molar-refractivity contribution in [2.45, 2.75) is 84.7 Å². The quantitative estimate of drug-likeness (QED) is 0.735. The van der Waals surface area contributed by atoms with E-state index < -0.39 is 0 Å². The molecule has 4 heteroatoms. The minimum atomic E-state index is -0.167. The first-order valence-corrected chi connectivity index (χ1v) is 10.9. The molecule has 0 aromatic rings. The average Bonchev–Trinajstić information content (AvgIpc) is 2.91. The summed E-state index contributed by atoms with van der Waals surface area (Å²) in [7, 11) is 0. The molecule has 4 aliphatic rings. The zero-order chi connectivity index (χ0) is 19.6. The molecule has 0 unspecified atom stereocenters. The van der Waals surface area contributed by atoms with Crippen molar-refractivity contribution in [3.63, 3.8) is 0 Å². The lowest BCUT2D eigenvalue weighted by atomic mass is 9.48. The molecule has 0 saturated heterocycles. The lowest BCUT2D eigenvalue weighted by Crippen LogP contribution is -2.59. The topological polar surface area (TPSA) is 58.2 Å². The molecule has 1 aliphatic heterocycles. The highest BCUT2D eigenvalue weighted by Crippen LogP contribution is 2.65. The number of nitrogens with one attached hydrogen (secondary N) is 2. The standard InChI is InChI=1S/C23H36N2O2/c1-21(2,3)25-20(27)17-8-7-15-14-6-9-18-23(5,13-11-19(26)24-18)16(14)10-12-22(15,17)4/h11,13-18H,6-10,12H2,1-5H3,(H,24,26)(H,25,27)/t14-,15+,16+,17-,18-,22-,23+/m0/s1. The number of hydrogen-bond donors (Lipinski definition) is 2. The normalized spacial score (nSPS) is 46.1. The summed E-state index contributed by atoms with van der Waals surface area (Å²) in [5.74, 6) is 2.41. The molecule has 2 amide bonds. The van der Waals surface area contributed by atoms with E-state index in [1.165, 1.54) is 19.3 Å². The van der Waals surface area contributed by atoms with Crippen LogP contribution in [0.15, 0.2) is 12.2 Å². The van der Waals surface area contributed by atoms with E-state index in [0.717, 1.165) is 19.3 Å². The molecule has 1 heterocycles. The summed E-state index contributed by atoms with van der Waals surface area (Å²) in [6, 6.07) is 0.280. The number of hydrogen-bond acceptors (Lipinski definition) is 2. The first-order chi connectivity index (χ1) is 12.5. The fourth-order valence-electron chi connectivity index (χ4n) is 7.22. The van der Waals surface area contributed by atoms with Crippen molar-refractivity contribution in [3.05, 3.63) is 12.2 Å². The van der Waals surface area contributed by atoms with Gasteiger partial charge in [0.05, 0.1) is 0 Å². The third kappa shape index (κ3) is 2.94. The van der Waals surface area contributed by atoms with Gasteiger partial charge in [-0.25, -0.2) is 0 Å².